The second kappa shape index (κ2) is 5.92. The molecule has 0 amide bonds. The van der Waals surface area contributed by atoms with Crippen LogP contribution < -0.4 is 9.47 Å². The number of methoxy groups -OCH3 is 1. The Hall–Kier alpha value is -1.22. The standard InChI is InChI=1S/C14H20O3/c1-16-12-7-4-8-13(9-12)17-10-14(15)11-5-2-3-6-11/h4,7-9,11,14-15H,2-3,5-6,10H2,1H3. The molecule has 1 aliphatic rings. The third kappa shape index (κ3) is 3.37. The highest BCUT2D eigenvalue weighted by Gasteiger charge is 2.23. The van der Waals surface area contributed by atoms with Crippen LogP contribution in [0.15, 0.2) is 24.3 Å². The molecule has 1 saturated carbocycles. The molecule has 1 aromatic carbocycles. The molecule has 94 valence electrons. The summed E-state index contributed by atoms with van der Waals surface area (Å²) in [7, 11) is 1.63. The van der Waals surface area contributed by atoms with Gasteiger partial charge in [0.25, 0.3) is 0 Å². The molecule has 0 spiro atoms. The molecule has 0 radical (unpaired) electrons. The summed E-state index contributed by atoms with van der Waals surface area (Å²) in [4.78, 5) is 0. The van der Waals surface area contributed by atoms with E-state index in [1.165, 1.54) is 12.8 Å². The first kappa shape index (κ1) is 12.2. The van der Waals surface area contributed by atoms with Crippen LogP contribution >= 0.6 is 0 Å². The van der Waals surface area contributed by atoms with E-state index in [9.17, 15) is 5.11 Å². The number of benzene rings is 1. The van der Waals surface area contributed by atoms with Gasteiger partial charge >= 0.3 is 0 Å². The van der Waals surface area contributed by atoms with Gasteiger partial charge in [-0.05, 0) is 30.9 Å². The molecule has 1 aliphatic carbocycles. The van der Waals surface area contributed by atoms with Crippen LogP contribution in [0.2, 0.25) is 0 Å². The number of aliphatic hydroxyl groups excluding tert-OH is 1. The molecular formula is C14H20O3. The molecule has 0 heterocycles. The van der Waals surface area contributed by atoms with Gasteiger partial charge in [-0.3, -0.25) is 0 Å². The highest BCUT2D eigenvalue weighted by molar-refractivity contribution is 5.32. The van der Waals surface area contributed by atoms with Gasteiger partial charge in [-0.2, -0.15) is 0 Å². The Bertz CT molecular complexity index is 345. The van der Waals surface area contributed by atoms with Crippen molar-refractivity contribution in [2.24, 2.45) is 5.92 Å². The van der Waals surface area contributed by atoms with Gasteiger partial charge in [0.2, 0.25) is 0 Å². The zero-order valence-corrected chi connectivity index (χ0v) is 10.3. The Labute approximate surface area is 102 Å². The maximum absolute atomic E-state index is 9.98. The topological polar surface area (TPSA) is 38.7 Å². The molecule has 1 fully saturated rings. The van der Waals surface area contributed by atoms with E-state index in [4.69, 9.17) is 9.47 Å². The highest BCUT2D eigenvalue weighted by atomic mass is 16.5. The van der Waals surface area contributed by atoms with Crippen LogP contribution in [-0.2, 0) is 0 Å². The Morgan fingerprint density at radius 3 is 2.71 bits per heavy atom. The van der Waals surface area contributed by atoms with Crippen LogP contribution in [0.4, 0.5) is 0 Å². The molecule has 0 aromatic heterocycles. The van der Waals surface area contributed by atoms with E-state index in [0.29, 0.717) is 12.5 Å². The third-order valence-corrected chi connectivity index (χ3v) is 3.41. The lowest BCUT2D eigenvalue weighted by Crippen LogP contribution is -2.25. The summed E-state index contributed by atoms with van der Waals surface area (Å²) >= 11 is 0. The molecule has 1 unspecified atom stereocenters. The maximum Gasteiger partial charge on any atom is 0.123 e. The smallest absolute Gasteiger partial charge is 0.123 e. The van der Waals surface area contributed by atoms with E-state index >= 15 is 0 Å². The lowest BCUT2D eigenvalue weighted by molar-refractivity contribution is 0.0592. The van der Waals surface area contributed by atoms with Crippen molar-refractivity contribution in [2.75, 3.05) is 13.7 Å². The second-order valence-electron chi connectivity index (χ2n) is 4.60. The second-order valence-corrected chi connectivity index (χ2v) is 4.60. The summed E-state index contributed by atoms with van der Waals surface area (Å²) < 4.78 is 10.7. The van der Waals surface area contributed by atoms with Crippen molar-refractivity contribution < 1.29 is 14.6 Å². The molecule has 17 heavy (non-hydrogen) atoms. The first-order chi connectivity index (χ1) is 8.29. The fourth-order valence-electron chi connectivity index (χ4n) is 2.35. The van der Waals surface area contributed by atoms with Crippen molar-refractivity contribution in [3.05, 3.63) is 24.3 Å². The van der Waals surface area contributed by atoms with Crippen molar-refractivity contribution in [2.45, 2.75) is 31.8 Å². The van der Waals surface area contributed by atoms with Gasteiger partial charge in [-0.1, -0.05) is 18.9 Å². The summed E-state index contributed by atoms with van der Waals surface area (Å²) in [6.07, 6.45) is 4.39. The van der Waals surface area contributed by atoms with E-state index < -0.39 is 0 Å². The van der Waals surface area contributed by atoms with Gasteiger partial charge in [0.1, 0.15) is 18.1 Å². The van der Waals surface area contributed by atoms with E-state index in [0.717, 1.165) is 24.3 Å². The van der Waals surface area contributed by atoms with E-state index in [1.54, 1.807) is 7.11 Å². The largest absolute Gasteiger partial charge is 0.497 e. The average molecular weight is 236 g/mol. The van der Waals surface area contributed by atoms with Crippen molar-refractivity contribution in [3.8, 4) is 11.5 Å². The molecule has 0 bridgehead atoms. The van der Waals surface area contributed by atoms with E-state index in [1.807, 2.05) is 24.3 Å². The van der Waals surface area contributed by atoms with Gasteiger partial charge in [0, 0.05) is 6.07 Å². The Morgan fingerprint density at radius 2 is 2.00 bits per heavy atom. The molecule has 1 N–H and O–H groups in total. The normalized spacial score (nSPS) is 18.0. The molecule has 3 nitrogen and oxygen atoms in total. The summed E-state index contributed by atoms with van der Waals surface area (Å²) in [6.45, 7) is 0.373. The summed E-state index contributed by atoms with van der Waals surface area (Å²) in [5.41, 5.74) is 0. The Balaban J connectivity index is 1.83. The first-order valence-electron chi connectivity index (χ1n) is 6.24. The fraction of sp³-hybridized carbons (Fsp3) is 0.571. The lowest BCUT2D eigenvalue weighted by Gasteiger charge is -2.18. The molecule has 3 heteroatoms. The van der Waals surface area contributed by atoms with Gasteiger partial charge in [0.15, 0.2) is 0 Å². The third-order valence-electron chi connectivity index (χ3n) is 3.41. The predicted octanol–water partition coefficient (Wildman–Crippen LogP) is 2.63. The molecule has 0 aliphatic heterocycles. The minimum Gasteiger partial charge on any atom is -0.497 e. The molecule has 1 atom stereocenters. The molecule has 1 aromatic rings. The van der Waals surface area contributed by atoms with Crippen LogP contribution in [-0.4, -0.2) is 24.9 Å². The fourth-order valence-corrected chi connectivity index (χ4v) is 2.35. The highest BCUT2D eigenvalue weighted by Crippen LogP contribution is 2.28. The number of ether oxygens (including phenoxy) is 2. The van der Waals surface area contributed by atoms with Crippen LogP contribution in [0.3, 0.4) is 0 Å². The predicted molar refractivity (Wildman–Crippen MR) is 66.5 cm³/mol. The van der Waals surface area contributed by atoms with E-state index in [2.05, 4.69) is 0 Å². The Kier molecular flexibility index (Phi) is 4.26. The van der Waals surface area contributed by atoms with Crippen molar-refractivity contribution in [1.82, 2.24) is 0 Å². The first-order valence-corrected chi connectivity index (χ1v) is 6.24. The zero-order chi connectivity index (χ0) is 12.1. The average Bonchev–Trinajstić information content (AvgIpc) is 2.90. The van der Waals surface area contributed by atoms with Gasteiger partial charge in [0.05, 0.1) is 13.2 Å². The van der Waals surface area contributed by atoms with E-state index in [-0.39, 0.29) is 6.10 Å². The molecular weight excluding hydrogens is 216 g/mol. The van der Waals surface area contributed by atoms with Gasteiger partial charge < -0.3 is 14.6 Å². The monoisotopic (exact) mass is 236 g/mol. The zero-order valence-electron chi connectivity index (χ0n) is 10.3. The van der Waals surface area contributed by atoms with Gasteiger partial charge in [-0.25, -0.2) is 0 Å². The SMILES string of the molecule is COc1cccc(OCC(O)C2CCCC2)c1. The van der Waals surface area contributed by atoms with Crippen LogP contribution in [0.25, 0.3) is 0 Å². The maximum atomic E-state index is 9.98. The number of rotatable bonds is 5. The van der Waals surface area contributed by atoms with Gasteiger partial charge in [-0.15, -0.1) is 0 Å². The number of aliphatic hydroxyl groups is 1. The van der Waals surface area contributed by atoms with Crippen LogP contribution in [0.5, 0.6) is 11.5 Å². The Morgan fingerprint density at radius 1 is 1.29 bits per heavy atom. The number of hydrogen-bond donors (Lipinski definition) is 1. The van der Waals surface area contributed by atoms with Crippen LogP contribution in [0, 0.1) is 5.92 Å². The van der Waals surface area contributed by atoms with Crippen molar-refractivity contribution in [3.63, 3.8) is 0 Å². The minimum atomic E-state index is -0.344. The number of hydrogen-bond acceptors (Lipinski definition) is 3. The lowest BCUT2D eigenvalue weighted by atomic mass is 10.0. The molecule has 2 rings (SSSR count). The summed E-state index contributed by atoms with van der Waals surface area (Å²) in [5.74, 6) is 1.94. The van der Waals surface area contributed by atoms with Crippen molar-refractivity contribution >= 4 is 0 Å². The minimum absolute atomic E-state index is 0.344. The van der Waals surface area contributed by atoms with Crippen molar-refractivity contribution in [1.29, 1.82) is 0 Å². The summed E-state index contributed by atoms with van der Waals surface area (Å²) in [5, 5.41) is 9.98. The molecule has 0 saturated heterocycles. The quantitative estimate of drug-likeness (QED) is 0.854. The summed E-state index contributed by atoms with van der Waals surface area (Å²) in [6, 6.07) is 7.47. The van der Waals surface area contributed by atoms with Crippen LogP contribution in [0.1, 0.15) is 25.7 Å².